The van der Waals surface area contributed by atoms with Crippen molar-refractivity contribution in [3.63, 3.8) is 0 Å². The summed E-state index contributed by atoms with van der Waals surface area (Å²) in [6, 6.07) is 5.08. The van der Waals surface area contributed by atoms with Crippen LogP contribution in [0.25, 0.3) is 22.8 Å². The number of aromatic nitrogens is 5. The Morgan fingerprint density at radius 2 is 1.33 bits per heavy atom. The van der Waals surface area contributed by atoms with Crippen LogP contribution in [-0.2, 0) is 0 Å². The number of nitrogens with zero attached hydrogens (tertiary/aromatic N) is 3. The lowest BCUT2D eigenvalue weighted by molar-refractivity contribution is 0.0946. The van der Waals surface area contributed by atoms with Crippen molar-refractivity contribution in [3.8, 4) is 22.8 Å². The molecule has 11 heteroatoms. The third-order valence-corrected chi connectivity index (χ3v) is 3.29. The number of amides is 2. The Bertz CT molecular complexity index is 829. The minimum absolute atomic E-state index is 0.242. The van der Waals surface area contributed by atoms with E-state index >= 15 is 0 Å². The molecule has 0 radical (unpaired) electrons. The lowest BCUT2D eigenvalue weighted by atomic mass is 10.1. The number of H-pyrrole nitrogens is 2. The summed E-state index contributed by atoms with van der Waals surface area (Å²) in [5.41, 5.74) is 6.24. The highest BCUT2D eigenvalue weighted by molar-refractivity contribution is 6.00. The lowest BCUT2D eigenvalue weighted by Gasteiger charge is -2.05. The first-order valence-electron chi connectivity index (χ1n) is 6.72. The molecule has 3 rings (SSSR count). The molecule has 0 aromatic carbocycles. The van der Waals surface area contributed by atoms with E-state index in [2.05, 4.69) is 25.4 Å². The number of hydrazine groups is 2. The number of aromatic amines is 2. The van der Waals surface area contributed by atoms with Crippen molar-refractivity contribution in [1.29, 1.82) is 0 Å². The van der Waals surface area contributed by atoms with Crippen molar-refractivity contribution in [2.45, 2.75) is 0 Å². The second kappa shape index (κ2) is 6.28. The van der Waals surface area contributed by atoms with Gasteiger partial charge in [0.2, 0.25) is 0 Å². The van der Waals surface area contributed by atoms with Crippen molar-refractivity contribution < 1.29 is 9.59 Å². The average Bonchev–Trinajstić information content (AvgIpc) is 3.29. The number of carbonyl (C=O) groups is 2. The third-order valence-electron chi connectivity index (χ3n) is 3.29. The molecular weight excluding hydrogens is 314 g/mol. The van der Waals surface area contributed by atoms with Crippen molar-refractivity contribution in [2.75, 3.05) is 0 Å². The van der Waals surface area contributed by atoms with Crippen LogP contribution in [0.15, 0.2) is 30.6 Å². The molecule has 0 bridgehead atoms. The topological polar surface area (TPSA) is 180 Å². The number of carbonyl (C=O) groups excluding carboxylic acids is 2. The number of pyridine rings is 1. The molecule has 0 unspecified atom stereocenters. The molecule has 8 N–H and O–H groups in total. The van der Waals surface area contributed by atoms with Crippen molar-refractivity contribution in [1.82, 2.24) is 36.2 Å². The van der Waals surface area contributed by atoms with Gasteiger partial charge in [0.1, 0.15) is 0 Å². The molecule has 0 fully saturated rings. The molecule has 2 amide bonds. The molecule has 0 aliphatic heterocycles. The second-order valence-corrected chi connectivity index (χ2v) is 4.67. The normalized spacial score (nSPS) is 10.4. The van der Waals surface area contributed by atoms with E-state index in [1.54, 1.807) is 18.2 Å². The van der Waals surface area contributed by atoms with Crippen LogP contribution in [0.5, 0.6) is 0 Å². The molecule has 0 atom stereocenters. The maximum Gasteiger partial charge on any atom is 0.269 e. The molecule has 3 aromatic rings. The van der Waals surface area contributed by atoms with Gasteiger partial charge in [-0.25, -0.2) is 16.7 Å². The van der Waals surface area contributed by atoms with E-state index in [0.29, 0.717) is 22.8 Å². The molecule has 0 saturated carbocycles. The summed E-state index contributed by atoms with van der Waals surface area (Å²) in [7, 11) is 0. The third kappa shape index (κ3) is 2.60. The van der Waals surface area contributed by atoms with Crippen molar-refractivity contribution in [2.24, 2.45) is 11.7 Å². The van der Waals surface area contributed by atoms with Gasteiger partial charge in [0.05, 0.1) is 46.3 Å². The van der Waals surface area contributed by atoms with Crippen molar-refractivity contribution in [3.05, 3.63) is 41.7 Å². The Morgan fingerprint density at radius 3 is 1.75 bits per heavy atom. The summed E-state index contributed by atoms with van der Waals surface area (Å²) in [4.78, 5) is 27.9. The zero-order valence-electron chi connectivity index (χ0n) is 12.2. The summed E-state index contributed by atoms with van der Waals surface area (Å²) in [6.07, 6.45) is 2.69. The van der Waals surface area contributed by atoms with E-state index < -0.39 is 11.8 Å². The van der Waals surface area contributed by atoms with Gasteiger partial charge in [-0.2, -0.15) is 10.2 Å². The quantitative estimate of drug-likeness (QED) is 0.203. The average molecular weight is 327 g/mol. The predicted octanol–water partition coefficient (Wildman–Crippen LogP) is -0.931. The van der Waals surface area contributed by atoms with Crippen LogP contribution in [0.2, 0.25) is 0 Å². The number of rotatable bonds is 4. The fourth-order valence-electron chi connectivity index (χ4n) is 2.18. The van der Waals surface area contributed by atoms with Crippen LogP contribution in [0, 0.1) is 0 Å². The Balaban J connectivity index is 2.06. The van der Waals surface area contributed by atoms with Gasteiger partial charge in [-0.1, -0.05) is 6.07 Å². The molecule has 0 saturated heterocycles. The van der Waals surface area contributed by atoms with Crippen LogP contribution < -0.4 is 22.5 Å². The summed E-state index contributed by atoms with van der Waals surface area (Å²) in [5, 5.41) is 13.1. The van der Waals surface area contributed by atoms with E-state index in [4.69, 9.17) is 11.7 Å². The number of nitrogen functional groups attached to an aromatic ring is 2. The number of hydrogen-bond donors (Lipinski definition) is 6. The van der Waals surface area contributed by atoms with E-state index in [1.807, 2.05) is 10.9 Å². The van der Waals surface area contributed by atoms with Gasteiger partial charge in [-0.05, 0) is 12.1 Å². The Morgan fingerprint density at radius 1 is 0.875 bits per heavy atom. The van der Waals surface area contributed by atoms with E-state index in [9.17, 15) is 9.59 Å². The van der Waals surface area contributed by atoms with Crippen LogP contribution in [0.4, 0.5) is 0 Å². The maximum absolute atomic E-state index is 11.8. The molecule has 0 aliphatic rings. The van der Waals surface area contributed by atoms with Gasteiger partial charge in [-0.15, -0.1) is 0 Å². The predicted molar refractivity (Wildman–Crippen MR) is 82.7 cm³/mol. The Hall–Kier alpha value is -3.57. The lowest BCUT2D eigenvalue weighted by Crippen LogP contribution is -2.30. The zero-order chi connectivity index (χ0) is 17.1. The summed E-state index contributed by atoms with van der Waals surface area (Å²) in [5.74, 6) is 9.30. The monoisotopic (exact) mass is 327 g/mol. The fourth-order valence-corrected chi connectivity index (χ4v) is 2.18. The zero-order valence-corrected chi connectivity index (χ0v) is 12.2. The van der Waals surface area contributed by atoms with Crippen LogP contribution >= 0.6 is 0 Å². The summed E-state index contributed by atoms with van der Waals surface area (Å²) in [6.45, 7) is 0. The van der Waals surface area contributed by atoms with Crippen LogP contribution in [0.1, 0.15) is 20.7 Å². The summed E-state index contributed by atoms with van der Waals surface area (Å²) >= 11 is 0. The molecular formula is C13H13N9O2. The first kappa shape index (κ1) is 15.3. The fraction of sp³-hybridized carbons (Fsp3) is 0. The molecule has 11 nitrogen and oxygen atoms in total. The van der Waals surface area contributed by atoms with Crippen molar-refractivity contribution >= 4 is 11.8 Å². The van der Waals surface area contributed by atoms with Gasteiger partial charge >= 0.3 is 0 Å². The molecule has 0 spiro atoms. The molecule has 3 heterocycles. The van der Waals surface area contributed by atoms with E-state index in [-0.39, 0.29) is 11.1 Å². The van der Waals surface area contributed by atoms with Gasteiger partial charge in [0.25, 0.3) is 11.8 Å². The highest BCUT2D eigenvalue weighted by atomic mass is 16.2. The standard InChI is InChI=1S/C13H13N9O2/c14-19-12(23)6-4-16-21-10(6)8-2-1-3-9(18-8)11-7(5-17-22-11)13(24)20-15/h1-5H,14-15H2,(H,16,21)(H,17,22)(H,19,23)(H,20,24). The Kier molecular flexibility index (Phi) is 4.01. The van der Waals surface area contributed by atoms with E-state index in [0.717, 1.165) is 0 Å². The Labute approximate surface area is 134 Å². The summed E-state index contributed by atoms with van der Waals surface area (Å²) < 4.78 is 0. The van der Waals surface area contributed by atoms with Crippen LogP contribution in [-0.4, -0.2) is 37.2 Å². The van der Waals surface area contributed by atoms with Gasteiger partial charge < -0.3 is 0 Å². The largest absolute Gasteiger partial charge is 0.290 e. The van der Waals surface area contributed by atoms with Gasteiger partial charge in [0.15, 0.2) is 0 Å². The molecule has 24 heavy (non-hydrogen) atoms. The molecule has 3 aromatic heterocycles. The second-order valence-electron chi connectivity index (χ2n) is 4.67. The SMILES string of the molecule is NNC(=O)c1cn[nH]c1-c1cccc(-c2[nH]ncc2C(=O)NN)n1. The van der Waals surface area contributed by atoms with Crippen LogP contribution in [0.3, 0.4) is 0 Å². The first-order valence-corrected chi connectivity index (χ1v) is 6.72. The number of hydrogen-bond acceptors (Lipinski definition) is 7. The molecule has 0 aliphatic carbocycles. The smallest absolute Gasteiger partial charge is 0.269 e. The number of nitrogens with two attached hydrogens (primary N) is 2. The highest BCUT2D eigenvalue weighted by Crippen LogP contribution is 2.24. The highest BCUT2D eigenvalue weighted by Gasteiger charge is 2.18. The van der Waals surface area contributed by atoms with E-state index in [1.165, 1.54) is 12.4 Å². The minimum atomic E-state index is -0.504. The minimum Gasteiger partial charge on any atom is -0.290 e. The molecule has 122 valence electrons. The number of nitrogens with one attached hydrogen (secondary N) is 4. The van der Waals surface area contributed by atoms with Gasteiger partial charge in [0, 0.05) is 0 Å². The maximum atomic E-state index is 11.8. The first-order chi connectivity index (χ1) is 11.7. The van der Waals surface area contributed by atoms with Gasteiger partial charge in [-0.3, -0.25) is 30.6 Å².